The van der Waals surface area contributed by atoms with E-state index >= 15 is 0 Å². The Hall–Kier alpha value is 0.170. The van der Waals surface area contributed by atoms with Gasteiger partial charge in [0.2, 0.25) is 0 Å². The first kappa shape index (κ1) is 16.2. The second-order valence-electron chi connectivity index (χ2n) is 3.43. The zero-order chi connectivity index (χ0) is 14.2. The number of rotatable bonds is 2. The van der Waals surface area contributed by atoms with Gasteiger partial charge in [-0.15, -0.1) is 0 Å². The number of hydrogen-bond acceptors (Lipinski definition) is 3. The zero-order valence-electron chi connectivity index (χ0n) is 8.47. The highest BCUT2D eigenvalue weighted by Gasteiger charge is 2.44. The Labute approximate surface area is 126 Å². The van der Waals surface area contributed by atoms with Gasteiger partial charge < -0.3 is 15.9 Å². The average molecular weight is 458 g/mol. The van der Waals surface area contributed by atoms with Gasteiger partial charge in [-0.25, -0.2) is 0 Å². The van der Waals surface area contributed by atoms with Crippen molar-refractivity contribution in [3.05, 3.63) is 25.0 Å². The third-order valence-corrected chi connectivity index (χ3v) is 4.25. The molecule has 0 aliphatic carbocycles. The number of aromatic hydroxyl groups is 1. The van der Waals surface area contributed by atoms with Crippen molar-refractivity contribution in [3.63, 3.8) is 0 Å². The first-order valence-electron chi connectivity index (χ1n) is 4.44. The Balaban J connectivity index is 3.30. The normalized spacial score (nSPS) is 15.6. The molecule has 0 saturated carbocycles. The van der Waals surface area contributed by atoms with Gasteiger partial charge in [-0.1, -0.05) is 15.9 Å². The second-order valence-corrected chi connectivity index (χ2v) is 5.93. The molecule has 0 heterocycles. The summed E-state index contributed by atoms with van der Waals surface area (Å²) in [6.07, 6.45) is -7.58. The maximum absolute atomic E-state index is 12.4. The van der Waals surface area contributed by atoms with Crippen LogP contribution in [0, 0.1) is 0 Å². The van der Waals surface area contributed by atoms with Crippen LogP contribution in [-0.4, -0.2) is 22.5 Å². The summed E-state index contributed by atoms with van der Waals surface area (Å²) in [5.74, 6) is -0.293. The van der Waals surface area contributed by atoms with Crippen LogP contribution in [0.4, 0.5) is 13.2 Å². The molecule has 0 spiro atoms. The van der Waals surface area contributed by atoms with Crippen molar-refractivity contribution in [2.45, 2.75) is 18.3 Å². The van der Waals surface area contributed by atoms with Crippen LogP contribution in [0.15, 0.2) is 19.5 Å². The number of benzene rings is 1. The largest absolute Gasteiger partial charge is 0.506 e. The summed E-state index contributed by atoms with van der Waals surface area (Å²) in [6.45, 7) is 0. The molecule has 0 unspecified atom stereocenters. The van der Waals surface area contributed by atoms with Crippen molar-refractivity contribution in [1.29, 1.82) is 0 Å². The number of hydrogen-bond donors (Lipinski definition) is 3. The van der Waals surface area contributed by atoms with Crippen LogP contribution in [0.5, 0.6) is 5.75 Å². The van der Waals surface area contributed by atoms with Gasteiger partial charge in [0.25, 0.3) is 0 Å². The minimum absolute atomic E-state index is 0.0143. The summed E-state index contributed by atoms with van der Waals surface area (Å²) in [7, 11) is 0. The van der Waals surface area contributed by atoms with Gasteiger partial charge in [0.15, 0.2) is 6.10 Å². The predicted molar refractivity (Wildman–Crippen MR) is 70.2 cm³/mol. The van der Waals surface area contributed by atoms with E-state index in [0.29, 0.717) is 0 Å². The monoisotopic (exact) mass is 455 g/mol. The van der Waals surface area contributed by atoms with Crippen LogP contribution < -0.4 is 5.73 Å². The minimum Gasteiger partial charge on any atom is -0.506 e. The molecule has 0 aromatic heterocycles. The average Bonchev–Trinajstić information content (AvgIpc) is 2.23. The van der Waals surface area contributed by atoms with Gasteiger partial charge >= 0.3 is 6.18 Å². The number of alkyl halides is 3. The van der Waals surface area contributed by atoms with Crippen molar-refractivity contribution < 1.29 is 23.4 Å². The smallest absolute Gasteiger partial charge is 0.416 e. The van der Waals surface area contributed by atoms with Crippen molar-refractivity contribution >= 4 is 47.8 Å². The van der Waals surface area contributed by atoms with Crippen molar-refractivity contribution in [3.8, 4) is 5.75 Å². The van der Waals surface area contributed by atoms with Crippen LogP contribution in [0.25, 0.3) is 0 Å². The third kappa shape index (κ3) is 3.19. The van der Waals surface area contributed by atoms with E-state index in [-0.39, 0.29) is 24.7 Å². The van der Waals surface area contributed by atoms with E-state index in [0.717, 1.165) is 0 Å². The van der Waals surface area contributed by atoms with Gasteiger partial charge in [0, 0.05) is 10.0 Å². The molecule has 9 heteroatoms. The first-order valence-corrected chi connectivity index (χ1v) is 6.82. The molecule has 18 heavy (non-hydrogen) atoms. The lowest BCUT2D eigenvalue weighted by atomic mass is 10.0. The highest BCUT2D eigenvalue weighted by Crippen LogP contribution is 2.43. The fraction of sp³-hybridized carbons (Fsp3) is 0.333. The molecule has 0 bridgehead atoms. The van der Waals surface area contributed by atoms with Crippen LogP contribution >= 0.6 is 47.8 Å². The number of nitrogens with two attached hydrogens (primary N) is 1. The third-order valence-electron chi connectivity index (χ3n) is 2.19. The van der Waals surface area contributed by atoms with Gasteiger partial charge in [0.05, 0.1) is 15.0 Å². The first-order chi connectivity index (χ1) is 8.07. The molecule has 0 saturated heterocycles. The van der Waals surface area contributed by atoms with E-state index in [9.17, 15) is 18.3 Å². The van der Waals surface area contributed by atoms with Crippen molar-refractivity contribution in [2.75, 3.05) is 0 Å². The summed E-state index contributed by atoms with van der Waals surface area (Å²) in [5, 5.41) is 18.7. The van der Waals surface area contributed by atoms with Crippen LogP contribution in [0.2, 0.25) is 0 Å². The van der Waals surface area contributed by atoms with Crippen molar-refractivity contribution in [1.82, 2.24) is 0 Å². The Kier molecular flexibility index (Phi) is 5.10. The molecule has 3 nitrogen and oxygen atoms in total. The van der Waals surface area contributed by atoms with Crippen LogP contribution in [0.1, 0.15) is 11.6 Å². The molecule has 0 aliphatic heterocycles. The quantitative estimate of drug-likeness (QED) is 0.635. The fourth-order valence-corrected chi connectivity index (χ4v) is 3.91. The van der Waals surface area contributed by atoms with Crippen molar-refractivity contribution in [2.24, 2.45) is 5.73 Å². The van der Waals surface area contributed by atoms with E-state index < -0.39 is 18.3 Å². The SMILES string of the molecule is N[C@H](c1c(Br)cc(Br)c(O)c1Br)[C@@H](O)C(F)(F)F. The maximum atomic E-state index is 12.4. The number of phenolic OH excluding ortho intramolecular Hbond substituents is 1. The topological polar surface area (TPSA) is 66.5 Å². The molecule has 0 radical (unpaired) electrons. The molecule has 2 atom stereocenters. The summed E-state index contributed by atoms with van der Waals surface area (Å²) in [5.41, 5.74) is 5.32. The van der Waals surface area contributed by atoms with E-state index in [1.54, 1.807) is 0 Å². The molecular weight excluding hydrogens is 451 g/mol. The summed E-state index contributed by atoms with van der Waals surface area (Å²) in [4.78, 5) is 0. The van der Waals surface area contributed by atoms with Gasteiger partial charge in [-0.05, 0) is 37.9 Å². The van der Waals surface area contributed by atoms with E-state index in [2.05, 4.69) is 47.8 Å². The summed E-state index contributed by atoms with van der Waals surface area (Å²) < 4.78 is 37.7. The lowest BCUT2D eigenvalue weighted by molar-refractivity contribution is -0.210. The zero-order valence-corrected chi connectivity index (χ0v) is 13.2. The fourth-order valence-electron chi connectivity index (χ4n) is 1.26. The molecule has 4 N–H and O–H groups in total. The van der Waals surface area contributed by atoms with Gasteiger partial charge in [0.1, 0.15) is 5.75 Å². The number of phenols is 1. The molecule has 1 aromatic rings. The highest BCUT2D eigenvalue weighted by atomic mass is 79.9. The Morgan fingerprint density at radius 2 is 1.67 bits per heavy atom. The number of aliphatic hydroxyl groups is 1. The molecular formula is C9H7Br3F3NO2. The Bertz CT molecular complexity index is 467. The second kappa shape index (κ2) is 5.66. The summed E-state index contributed by atoms with van der Waals surface area (Å²) in [6, 6.07) is -0.383. The highest BCUT2D eigenvalue weighted by molar-refractivity contribution is 9.11. The number of halogens is 6. The van der Waals surface area contributed by atoms with E-state index in [1.165, 1.54) is 6.07 Å². The predicted octanol–water partition coefficient (Wildman–Crippen LogP) is 3.60. The van der Waals surface area contributed by atoms with Crippen LogP contribution in [-0.2, 0) is 0 Å². The van der Waals surface area contributed by atoms with Gasteiger partial charge in [-0.3, -0.25) is 0 Å². The maximum Gasteiger partial charge on any atom is 0.416 e. The molecule has 102 valence electrons. The molecule has 0 aliphatic rings. The Morgan fingerprint density at radius 1 is 1.17 bits per heavy atom. The Morgan fingerprint density at radius 3 is 2.11 bits per heavy atom. The lowest BCUT2D eigenvalue weighted by Crippen LogP contribution is -2.39. The summed E-state index contributed by atoms with van der Waals surface area (Å²) >= 11 is 9.01. The minimum atomic E-state index is -4.85. The standard InChI is InChI=1S/C9H7Br3F3NO2/c10-2-1-3(11)7(17)5(12)4(2)6(16)8(18)9(13,14)15/h1,6,8,17-18H,16H2/t6-,8-/m1/s1. The van der Waals surface area contributed by atoms with E-state index in [1.807, 2.05) is 0 Å². The molecule has 0 fully saturated rings. The molecule has 1 aromatic carbocycles. The lowest BCUT2D eigenvalue weighted by Gasteiger charge is -2.24. The number of aliphatic hydroxyl groups excluding tert-OH is 1. The van der Waals surface area contributed by atoms with Crippen LogP contribution in [0.3, 0.4) is 0 Å². The molecule has 0 amide bonds. The van der Waals surface area contributed by atoms with Gasteiger partial charge in [-0.2, -0.15) is 13.2 Å². The molecule has 1 rings (SSSR count). The van der Waals surface area contributed by atoms with E-state index in [4.69, 9.17) is 10.8 Å².